The van der Waals surface area contributed by atoms with Gasteiger partial charge in [-0.15, -0.1) is 0 Å². The van der Waals surface area contributed by atoms with Crippen LogP contribution in [-0.2, 0) is 16.0 Å². The molecule has 1 rings (SSSR count). The molecule has 1 atom stereocenters. The summed E-state index contributed by atoms with van der Waals surface area (Å²) in [4.78, 5) is 21.8. The molecule has 2 N–H and O–H groups in total. The van der Waals surface area contributed by atoms with E-state index in [1.165, 1.54) is 6.92 Å². The van der Waals surface area contributed by atoms with E-state index in [4.69, 9.17) is 5.11 Å². The normalized spacial score (nSPS) is 11.9. The number of carboxylic acids is 1. The zero-order chi connectivity index (χ0) is 12.1. The van der Waals surface area contributed by atoms with Crippen molar-refractivity contribution in [1.29, 1.82) is 0 Å². The van der Waals surface area contributed by atoms with Crippen LogP contribution < -0.4 is 5.32 Å². The first-order chi connectivity index (χ1) is 7.50. The first kappa shape index (κ1) is 12.7. The summed E-state index contributed by atoms with van der Waals surface area (Å²) in [7, 11) is 0. The Morgan fingerprint density at radius 2 is 2.06 bits per heavy atom. The summed E-state index contributed by atoms with van der Waals surface area (Å²) in [6.07, 6.45) is 0.260. The maximum atomic E-state index is 10.9. The van der Waals surface area contributed by atoms with Gasteiger partial charge in [-0.2, -0.15) is 0 Å². The van der Waals surface area contributed by atoms with E-state index in [2.05, 4.69) is 21.2 Å². The molecule has 0 radical (unpaired) electrons. The van der Waals surface area contributed by atoms with Crippen molar-refractivity contribution in [3.05, 3.63) is 34.3 Å². The SMILES string of the molecule is CC(=O)N[C@H](Cc1ccccc1Br)C(=O)O. The van der Waals surface area contributed by atoms with Crippen LogP contribution in [0.25, 0.3) is 0 Å². The lowest BCUT2D eigenvalue weighted by Gasteiger charge is -2.13. The second-order valence-electron chi connectivity index (χ2n) is 3.39. The maximum Gasteiger partial charge on any atom is 0.326 e. The molecular weight excluding hydrogens is 274 g/mol. The van der Waals surface area contributed by atoms with Gasteiger partial charge in [0.2, 0.25) is 5.91 Å². The van der Waals surface area contributed by atoms with Crippen LogP contribution in [0.15, 0.2) is 28.7 Å². The van der Waals surface area contributed by atoms with E-state index >= 15 is 0 Å². The molecule has 0 spiro atoms. The number of benzene rings is 1. The largest absolute Gasteiger partial charge is 0.480 e. The molecule has 86 valence electrons. The van der Waals surface area contributed by atoms with E-state index in [1.807, 2.05) is 24.3 Å². The van der Waals surface area contributed by atoms with Crippen LogP contribution >= 0.6 is 15.9 Å². The quantitative estimate of drug-likeness (QED) is 0.883. The van der Waals surface area contributed by atoms with E-state index < -0.39 is 12.0 Å². The number of carboxylic acid groups (broad SMARTS) is 1. The third-order valence-corrected chi connectivity index (χ3v) is 2.83. The van der Waals surface area contributed by atoms with Crippen LogP contribution in [0.1, 0.15) is 12.5 Å². The predicted octanol–water partition coefficient (Wildman–Crippen LogP) is 1.58. The predicted molar refractivity (Wildman–Crippen MR) is 63.1 cm³/mol. The number of carbonyl (C=O) groups is 2. The Morgan fingerprint density at radius 3 is 2.56 bits per heavy atom. The molecule has 5 heteroatoms. The topological polar surface area (TPSA) is 66.4 Å². The van der Waals surface area contributed by atoms with Crippen LogP contribution in [0, 0.1) is 0 Å². The van der Waals surface area contributed by atoms with E-state index in [1.54, 1.807) is 0 Å². The second-order valence-corrected chi connectivity index (χ2v) is 4.24. The molecule has 4 nitrogen and oxygen atoms in total. The minimum atomic E-state index is -1.04. The van der Waals surface area contributed by atoms with Gasteiger partial charge in [-0.05, 0) is 11.6 Å². The van der Waals surface area contributed by atoms with Crippen LogP contribution in [0.2, 0.25) is 0 Å². The van der Waals surface area contributed by atoms with E-state index in [0.29, 0.717) is 0 Å². The Bertz CT molecular complexity index is 406. The molecule has 0 bridgehead atoms. The van der Waals surface area contributed by atoms with E-state index in [0.717, 1.165) is 10.0 Å². The third kappa shape index (κ3) is 3.66. The fraction of sp³-hybridized carbons (Fsp3) is 0.273. The summed E-state index contributed by atoms with van der Waals surface area (Å²) in [6.45, 7) is 1.30. The van der Waals surface area contributed by atoms with Crippen molar-refractivity contribution in [3.8, 4) is 0 Å². The lowest BCUT2D eigenvalue weighted by molar-refractivity contribution is -0.141. The Labute approximate surface area is 102 Å². The number of hydrogen-bond donors (Lipinski definition) is 2. The molecule has 0 saturated carbocycles. The van der Waals surface area contributed by atoms with Crippen LogP contribution in [0.3, 0.4) is 0 Å². The monoisotopic (exact) mass is 285 g/mol. The Morgan fingerprint density at radius 1 is 1.44 bits per heavy atom. The molecule has 0 aliphatic carbocycles. The van der Waals surface area contributed by atoms with Gasteiger partial charge in [-0.3, -0.25) is 4.79 Å². The minimum Gasteiger partial charge on any atom is -0.480 e. The van der Waals surface area contributed by atoms with Crippen molar-refractivity contribution < 1.29 is 14.7 Å². The van der Waals surface area contributed by atoms with E-state index in [-0.39, 0.29) is 12.3 Å². The fourth-order valence-electron chi connectivity index (χ4n) is 1.33. The second kappa shape index (κ2) is 5.65. The number of nitrogens with one attached hydrogen (secondary N) is 1. The number of carbonyl (C=O) groups excluding carboxylic acids is 1. The molecule has 0 fully saturated rings. The molecular formula is C11H12BrNO3. The van der Waals surface area contributed by atoms with Gasteiger partial charge in [-0.25, -0.2) is 4.79 Å². The Hall–Kier alpha value is -1.36. The summed E-state index contributed by atoms with van der Waals surface area (Å²) < 4.78 is 0.839. The first-order valence-electron chi connectivity index (χ1n) is 4.74. The highest BCUT2D eigenvalue weighted by atomic mass is 79.9. The van der Waals surface area contributed by atoms with Crippen molar-refractivity contribution in [1.82, 2.24) is 5.32 Å². The molecule has 0 aromatic heterocycles. The Balaban J connectivity index is 2.80. The lowest BCUT2D eigenvalue weighted by Crippen LogP contribution is -2.41. The zero-order valence-corrected chi connectivity index (χ0v) is 10.3. The number of aliphatic carboxylic acids is 1. The minimum absolute atomic E-state index is 0.260. The number of hydrogen-bond acceptors (Lipinski definition) is 2. The highest BCUT2D eigenvalue weighted by molar-refractivity contribution is 9.10. The number of halogens is 1. The van der Waals surface area contributed by atoms with Gasteiger partial charge >= 0.3 is 5.97 Å². The number of rotatable bonds is 4. The van der Waals surface area contributed by atoms with Gasteiger partial charge in [0.1, 0.15) is 6.04 Å². The van der Waals surface area contributed by atoms with Gasteiger partial charge in [-0.1, -0.05) is 34.1 Å². The highest BCUT2D eigenvalue weighted by Gasteiger charge is 2.19. The van der Waals surface area contributed by atoms with Crippen molar-refractivity contribution in [2.24, 2.45) is 0 Å². The van der Waals surface area contributed by atoms with Gasteiger partial charge in [0.15, 0.2) is 0 Å². The average Bonchev–Trinajstić information content (AvgIpc) is 2.19. The van der Waals surface area contributed by atoms with Crippen LogP contribution in [0.5, 0.6) is 0 Å². The molecule has 0 aliphatic rings. The van der Waals surface area contributed by atoms with Crippen LogP contribution in [-0.4, -0.2) is 23.0 Å². The van der Waals surface area contributed by atoms with Crippen molar-refractivity contribution in [2.75, 3.05) is 0 Å². The highest BCUT2D eigenvalue weighted by Crippen LogP contribution is 2.17. The first-order valence-corrected chi connectivity index (χ1v) is 5.53. The van der Waals surface area contributed by atoms with E-state index in [9.17, 15) is 9.59 Å². The van der Waals surface area contributed by atoms with Crippen LogP contribution in [0.4, 0.5) is 0 Å². The van der Waals surface area contributed by atoms with Crippen molar-refractivity contribution in [2.45, 2.75) is 19.4 Å². The third-order valence-electron chi connectivity index (χ3n) is 2.06. The van der Waals surface area contributed by atoms with Gasteiger partial charge < -0.3 is 10.4 Å². The van der Waals surface area contributed by atoms with Gasteiger partial charge in [0.25, 0.3) is 0 Å². The molecule has 0 saturated heterocycles. The molecule has 1 amide bonds. The molecule has 0 unspecified atom stereocenters. The lowest BCUT2D eigenvalue weighted by atomic mass is 10.1. The smallest absolute Gasteiger partial charge is 0.326 e. The average molecular weight is 286 g/mol. The fourth-order valence-corrected chi connectivity index (χ4v) is 1.78. The maximum absolute atomic E-state index is 10.9. The number of amides is 1. The standard InChI is InChI=1S/C11H12BrNO3/c1-7(14)13-10(11(15)16)6-8-4-2-3-5-9(8)12/h2-5,10H,6H2,1H3,(H,13,14)(H,15,16)/t10-/m1/s1. The molecule has 1 aromatic rings. The Kier molecular flexibility index (Phi) is 4.49. The molecule has 16 heavy (non-hydrogen) atoms. The van der Waals surface area contributed by atoms with Crippen molar-refractivity contribution >= 4 is 27.8 Å². The molecule has 1 aromatic carbocycles. The van der Waals surface area contributed by atoms with Gasteiger partial charge in [0.05, 0.1) is 0 Å². The van der Waals surface area contributed by atoms with Crippen molar-refractivity contribution in [3.63, 3.8) is 0 Å². The summed E-state index contributed by atoms with van der Waals surface area (Å²) in [6, 6.07) is 6.44. The molecule has 0 aliphatic heterocycles. The summed E-state index contributed by atoms with van der Waals surface area (Å²) >= 11 is 3.33. The molecule has 0 heterocycles. The van der Waals surface area contributed by atoms with Gasteiger partial charge in [0, 0.05) is 17.8 Å². The zero-order valence-electron chi connectivity index (χ0n) is 8.74. The summed E-state index contributed by atoms with van der Waals surface area (Å²) in [5.41, 5.74) is 0.851. The summed E-state index contributed by atoms with van der Waals surface area (Å²) in [5.74, 6) is -1.38. The summed E-state index contributed by atoms with van der Waals surface area (Å²) in [5, 5.41) is 11.3.